The highest BCUT2D eigenvalue weighted by atomic mass is 35.5. The average molecular weight is 614 g/mol. The molecule has 10 heteroatoms. The van der Waals surface area contributed by atoms with Crippen LogP contribution in [-0.2, 0) is 20.9 Å². The van der Waals surface area contributed by atoms with E-state index in [0.29, 0.717) is 43.2 Å². The first-order valence-corrected chi connectivity index (χ1v) is 15.1. The molecule has 2 fully saturated rings. The van der Waals surface area contributed by atoms with Gasteiger partial charge in [-0.1, -0.05) is 60.8 Å². The van der Waals surface area contributed by atoms with Crippen molar-refractivity contribution in [2.45, 2.75) is 52.1 Å². The molecule has 222 valence electrons. The third-order valence-electron chi connectivity index (χ3n) is 8.47. The van der Waals surface area contributed by atoms with E-state index in [4.69, 9.17) is 23.2 Å². The van der Waals surface area contributed by atoms with Gasteiger partial charge < -0.3 is 19.7 Å². The lowest BCUT2D eigenvalue weighted by Gasteiger charge is -2.42. The van der Waals surface area contributed by atoms with Crippen LogP contribution in [0.15, 0.2) is 54.7 Å². The third kappa shape index (κ3) is 5.79. The highest BCUT2D eigenvalue weighted by molar-refractivity contribution is 6.31. The van der Waals surface area contributed by atoms with Gasteiger partial charge in [-0.05, 0) is 42.7 Å². The summed E-state index contributed by atoms with van der Waals surface area (Å²) in [6.07, 6.45) is 8.13. The largest absolute Gasteiger partial charge is 0.361 e. The Balaban J connectivity index is 1.62. The first-order chi connectivity index (χ1) is 20.1. The summed E-state index contributed by atoms with van der Waals surface area (Å²) in [4.78, 5) is 49.2. The number of rotatable bonds is 8. The molecule has 3 amide bonds. The lowest BCUT2D eigenvalue weighted by atomic mass is 9.72. The van der Waals surface area contributed by atoms with Crippen molar-refractivity contribution in [2.24, 2.45) is 5.41 Å². The number of amides is 3. The Morgan fingerprint density at radius 2 is 1.81 bits per heavy atom. The number of H-pyrrole nitrogens is 1. The van der Waals surface area contributed by atoms with E-state index in [2.05, 4.69) is 18.0 Å². The van der Waals surface area contributed by atoms with Crippen LogP contribution in [0.25, 0.3) is 10.9 Å². The second kappa shape index (κ2) is 12.5. The molecule has 0 spiro atoms. The number of piperazine rings is 1. The van der Waals surface area contributed by atoms with Crippen LogP contribution in [0.4, 0.5) is 4.39 Å². The molecule has 0 bridgehead atoms. The molecule has 1 N–H and O–H groups in total. The summed E-state index contributed by atoms with van der Waals surface area (Å²) in [5, 5.41) is 1.44. The van der Waals surface area contributed by atoms with Crippen LogP contribution in [-0.4, -0.2) is 63.6 Å². The number of aromatic nitrogens is 1. The van der Waals surface area contributed by atoms with Gasteiger partial charge in [0.2, 0.25) is 17.7 Å². The van der Waals surface area contributed by atoms with Gasteiger partial charge in [0.05, 0.1) is 16.5 Å². The van der Waals surface area contributed by atoms with E-state index in [-0.39, 0.29) is 35.7 Å². The monoisotopic (exact) mass is 612 g/mol. The Hall–Kier alpha value is -3.36. The van der Waals surface area contributed by atoms with E-state index in [1.165, 1.54) is 19.1 Å². The zero-order valence-electron chi connectivity index (χ0n) is 23.8. The van der Waals surface area contributed by atoms with Crippen LogP contribution in [0, 0.1) is 11.2 Å². The fourth-order valence-electron chi connectivity index (χ4n) is 6.32. The molecule has 2 aliphatic rings. The van der Waals surface area contributed by atoms with Crippen molar-refractivity contribution in [1.82, 2.24) is 19.7 Å². The molecule has 42 heavy (non-hydrogen) atoms. The summed E-state index contributed by atoms with van der Waals surface area (Å²) in [5.41, 5.74) is 1.08. The van der Waals surface area contributed by atoms with E-state index in [1.54, 1.807) is 26.8 Å². The summed E-state index contributed by atoms with van der Waals surface area (Å²) in [5.74, 6) is -0.879. The molecule has 7 nitrogen and oxygen atoms in total. The van der Waals surface area contributed by atoms with E-state index >= 15 is 0 Å². The molecule has 0 saturated carbocycles. The molecule has 3 heterocycles. The Labute approximate surface area is 255 Å². The maximum atomic E-state index is 14.7. The van der Waals surface area contributed by atoms with Crippen LogP contribution < -0.4 is 0 Å². The van der Waals surface area contributed by atoms with Gasteiger partial charge in [0.25, 0.3) is 0 Å². The van der Waals surface area contributed by atoms with Gasteiger partial charge in [-0.25, -0.2) is 4.39 Å². The predicted molar refractivity (Wildman–Crippen MR) is 163 cm³/mol. The number of benzene rings is 2. The minimum absolute atomic E-state index is 0.00634. The van der Waals surface area contributed by atoms with Crippen molar-refractivity contribution in [1.29, 1.82) is 0 Å². The van der Waals surface area contributed by atoms with Gasteiger partial charge in [0, 0.05) is 73.8 Å². The minimum atomic E-state index is -1.11. The highest BCUT2D eigenvalue weighted by Crippen LogP contribution is 2.54. The first-order valence-electron chi connectivity index (χ1n) is 14.3. The molecule has 5 rings (SSSR count). The number of unbranched alkanes of at least 4 members (excludes halogenated alkanes) is 1. The number of fused-ring (bicyclic) bond motifs is 1. The summed E-state index contributed by atoms with van der Waals surface area (Å²) in [6.45, 7) is 5.41. The quantitative estimate of drug-likeness (QED) is 0.295. The maximum absolute atomic E-state index is 14.7. The number of allylic oxidation sites excluding steroid dienone is 2. The number of likely N-dealkylation sites (tertiary alicyclic amines) is 1. The van der Waals surface area contributed by atoms with Crippen LogP contribution >= 0.6 is 23.2 Å². The van der Waals surface area contributed by atoms with Gasteiger partial charge >= 0.3 is 0 Å². The molecule has 2 atom stereocenters. The molecule has 0 aliphatic carbocycles. The second-order valence-electron chi connectivity index (χ2n) is 11.2. The summed E-state index contributed by atoms with van der Waals surface area (Å²) in [6, 6.07) is 9.41. The zero-order chi connectivity index (χ0) is 30.0. The minimum Gasteiger partial charge on any atom is -0.361 e. The Morgan fingerprint density at radius 3 is 2.50 bits per heavy atom. The number of aromatic amines is 1. The normalized spacial score (nSPS) is 21.2. The molecule has 0 radical (unpaired) electrons. The summed E-state index contributed by atoms with van der Waals surface area (Å²) < 4.78 is 14.5. The van der Waals surface area contributed by atoms with Crippen molar-refractivity contribution in [3.63, 3.8) is 0 Å². The Kier molecular flexibility index (Phi) is 8.94. The van der Waals surface area contributed by atoms with Crippen molar-refractivity contribution < 1.29 is 18.8 Å². The van der Waals surface area contributed by atoms with Gasteiger partial charge in [-0.2, -0.15) is 0 Å². The van der Waals surface area contributed by atoms with E-state index in [0.717, 1.165) is 29.3 Å². The Bertz CT molecular complexity index is 1530. The number of nitrogens with one attached hydrogen (secondary N) is 1. The number of hydrogen-bond donors (Lipinski definition) is 1. The van der Waals surface area contributed by atoms with Gasteiger partial charge in [-0.3, -0.25) is 14.4 Å². The SMILES string of the molecule is CCC/C=C/C[C@@]1(C(=O)N2CCN(C(C)=O)CC2)CC(=O)N(Cc2ccc(Cl)c(F)c2)[C@H]1c1c[nH]c2cc(Cl)ccc12. The first kappa shape index (κ1) is 30.1. The lowest BCUT2D eigenvalue weighted by molar-refractivity contribution is -0.148. The van der Waals surface area contributed by atoms with Crippen molar-refractivity contribution in [3.05, 3.63) is 81.7 Å². The molecule has 0 unspecified atom stereocenters. The summed E-state index contributed by atoms with van der Waals surface area (Å²) >= 11 is 12.2. The highest BCUT2D eigenvalue weighted by Gasteiger charge is 2.58. The van der Waals surface area contributed by atoms with E-state index < -0.39 is 17.3 Å². The fraction of sp³-hybridized carbons (Fsp3) is 0.406. The number of hydrogen-bond acceptors (Lipinski definition) is 3. The lowest BCUT2D eigenvalue weighted by Crippen LogP contribution is -2.55. The van der Waals surface area contributed by atoms with Crippen molar-refractivity contribution in [2.75, 3.05) is 26.2 Å². The fourth-order valence-corrected chi connectivity index (χ4v) is 6.61. The van der Waals surface area contributed by atoms with Crippen LogP contribution in [0.3, 0.4) is 0 Å². The van der Waals surface area contributed by atoms with Crippen LogP contribution in [0.5, 0.6) is 0 Å². The maximum Gasteiger partial charge on any atom is 0.232 e. The third-order valence-corrected chi connectivity index (χ3v) is 9.01. The number of carbonyl (C=O) groups is 3. The standard InChI is InChI=1S/C32H35Cl2FN4O3/c1-3-4-5-6-11-32(31(42)38-14-12-37(13-15-38)21(2)40)18-29(41)39(20-22-7-10-26(34)27(35)16-22)30(32)25-19-36-28-17-23(33)8-9-24(25)28/h5-10,16-17,19,30,36H,3-4,11-15,18,20H2,1-2H3/b6-5+/t30-,32+/m0/s1. The topological polar surface area (TPSA) is 76.7 Å². The molecule has 2 aliphatic heterocycles. The van der Waals surface area contributed by atoms with Crippen LogP contribution in [0.2, 0.25) is 10.0 Å². The smallest absolute Gasteiger partial charge is 0.232 e. The molecular formula is C32H35Cl2FN4O3. The molecule has 2 saturated heterocycles. The number of carbonyl (C=O) groups excluding carboxylic acids is 3. The van der Waals surface area contributed by atoms with Crippen molar-refractivity contribution in [3.8, 4) is 0 Å². The average Bonchev–Trinajstić information content (AvgIpc) is 3.50. The Morgan fingerprint density at radius 1 is 1.07 bits per heavy atom. The zero-order valence-corrected chi connectivity index (χ0v) is 25.3. The van der Waals surface area contributed by atoms with Gasteiger partial charge in [0.1, 0.15) is 5.82 Å². The van der Waals surface area contributed by atoms with Gasteiger partial charge in [0.15, 0.2) is 0 Å². The van der Waals surface area contributed by atoms with E-state index in [9.17, 15) is 18.8 Å². The number of halogens is 3. The molecule has 1 aromatic heterocycles. The predicted octanol–water partition coefficient (Wildman–Crippen LogP) is 6.51. The molecular weight excluding hydrogens is 578 g/mol. The molecule has 3 aromatic rings. The number of nitrogens with zero attached hydrogens (tertiary/aromatic N) is 3. The van der Waals surface area contributed by atoms with Crippen LogP contribution in [0.1, 0.15) is 56.7 Å². The van der Waals surface area contributed by atoms with Crippen molar-refractivity contribution >= 4 is 51.8 Å². The van der Waals surface area contributed by atoms with E-state index in [1.807, 2.05) is 24.4 Å². The molecule has 2 aromatic carbocycles. The summed E-state index contributed by atoms with van der Waals surface area (Å²) in [7, 11) is 0. The van der Waals surface area contributed by atoms with Gasteiger partial charge in [-0.15, -0.1) is 0 Å². The second-order valence-corrected chi connectivity index (χ2v) is 12.0.